The smallest absolute Gasteiger partial charge is 0.221 e. The van der Waals surface area contributed by atoms with Crippen LogP contribution in [0.15, 0.2) is 0 Å². The molecule has 0 aromatic carbocycles. The summed E-state index contributed by atoms with van der Waals surface area (Å²) in [5, 5.41) is 2.94. The Kier molecular flexibility index (Phi) is 6.11. The van der Waals surface area contributed by atoms with Crippen LogP contribution >= 0.6 is 0 Å². The van der Waals surface area contributed by atoms with E-state index in [1.165, 1.54) is 44.9 Å². The van der Waals surface area contributed by atoms with Gasteiger partial charge in [0.2, 0.25) is 5.91 Å². The van der Waals surface area contributed by atoms with Gasteiger partial charge >= 0.3 is 0 Å². The largest absolute Gasteiger partial charge is 0.378 e. The lowest BCUT2D eigenvalue weighted by Crippen LogP contribution is -2.33. The van der Waals surface area contributed by atoms with Crippen LogP contribution in [0.2, 0.25) is 0 Å². The van der Waals surface area contributed by atoms with Crippen LogP contribution in [0.3, 0.4) is 0 Å². The Morgan fingerprint density at radius 2 is 1.95 bits per heavy atom. The number of nitrogens with two attached hydrogens (primary N) is 1. The number of hydrogen-bond donors (Lipinski definition) is 2. The summed E-state index contributed by atoms with van der Waals surface area (Å²) in [4.78, 5) is 11.6. The van der Waals surface area contributed by atoms with Gasteiger partial charge in [0, 0.05) is 25.6 Å². The van der Waals surface area contributed by atoms with Crippen LogP contribution in [0.25, 0.3) is 0 Å². The molecule has 0 radical (unpaired) electrons. The minimum absolute atomic E-state index is 0.0680. The average molecular weight is 268 g/mol. The van der Waals surface area contributed by atoms with Gasteiger partial charge < -0.3 is 15.8 Å². The minimum atomic E-state index is 0.0680. The van der Waals surface area contributed by atoms with E-state index in [1.54, 1.807) is 0 Å². The SMILES string of the molecule is NC(CC(=O)NCCCOC1CCCCC1)C1CC1. The minimum Gasteiger partial charge on any atom is -0.378 e. The molecule has 2 aliphatic rings. The molecule has 2 rings (SSSR count). The molecule has 0 spiro atoms. The van der Waals surface area contributed by atoms with E-state index in [4.69, 9.17) is 10.5 Å². The molecule has 1 unspecified atom stereocenters. The molecule has 3 N–H and O–H groups in total. The summed E-state index contributed by atoms with van der Waals surface area (Å²) in [6.45, 7) is 1.47. The Hall–Kier alpha value is -0.610. The number of carbonyl (C=O) groups is 1. The van der Waals surface area contributed by atoms with Crippen molar-refractivity contribution in [1.29, 1.82) is 0 Å². The summed E-state index contributed by atoms with van der Waals surface area (Å²) in [6.07, 6.45) is 10.6. The van der Waals surface area contributed by atoms with E-state index in [9.17, 15) is 4.79 Å². The first kappa shape index (κ1) is 14.8. The summed E-state index contributed by atoms with van der Waals surface area (Å²) in [5.74, 6) is 0.692. The highest BCUT2D eigenvalue weighted by Gasteiger charge is 2.29. The molecular weight excluding hydrogens is 240 g/mol. The summed E-state index contributed by atoms with van der Waals surface area (Å²) < 4.78 is 5.82. The molecule has 0 aromatic rings. The van der Waals surface area contributed by atoms with Gasteiger partial charge in [-0.15, -0.1) is 0 Å². The molecule has 2 fully saturated rings. The summed E-state index contributed by atoms with van der Waals surface area (Å²) >= 11 is 0. The zero-order valence-electron chi connectivity index (χ0n) is 11.9. The number of amides is 1. The summed E-state index contributed by atoms with van der Waals surface area (Å²) in [6, 6.07) is 0.0680. The Morgan fingerprint density at radius 3 is 2.63 bits per heavy atom. The van der Waals surface area contributed by atoms with Crippen molar-refractivity contribution in [3.63, 3.8) is 0 Å². The van der Waals surface area contributed by atoms with E-state index < -0.39 is 0 Å². The Morgan fingerprint density at radius 1 is 1.21 bits per heavy atom. The van der Waals surface area contributed by atoms with Crippen molar-refractivity contribution in [2.75, 3.05) is 13.2 Å². The second kappa shape index (κ2) is 7.85. The van der Waals surface area contributed by atoms with Crippen LogP contribution < -0.4 is 11.1 Å². The van der Waals surface area contributed by atoms with Crippen LogP contribution in [-0.2, 0) is 9.53 Å². The van der Waals surface area contributed by atoms with Crippen molar-refractivity contribution in [2.24, 2.45) is 11.7 Å². The zero-order valence-corrected chi connectivity index (χ0v) is 11.9. The fourth-order valence-corrected chi connectivity index (χ4v) is 2.76. The van der Waals surface area contributed by atoms with E-state index in [0.717, 1.165) is 13.0 Å². The molecule has 1 atom stereocenters. The highest BCUT2D eigenvalue weighted by molar-refractivity contribution is 5.76. The molecule has 0 saturated heterocycles. The van der Waals surface area contributed by atoms with Crippen molar-refractivity contribution in [2.45, 2.75) is 69.9 Å². The van der Waals surface area contributed by atoms with E-state index in [-0.39, 0.29) is 11.9 Å². The molecule has 1 amide bonds. The second-order valence-corrected chi connectivity index (χ2v) is 6.04. The molecule has 0 aromatic heterocycles. The molecule has 2 saturated carbocycles. The van der Waals surface area contributed by atoms with Gasteiger partial charge in [0.05, 0.1) is 6.10 Å². The summed E-state index contributed by atoms with van der Waals surface area (Å²) in [7, 11) is 0. The number of rotatable bonds is 8. The van der Waals surface area contributed by atoms with E-state index >= 15 is 0 Å². The van der Waals surface area contributed by atoms with E-state index in [0.29, 0.717) is 25.0 Å². The van der Waals surface area contributed by atoms with Crippen LogP contribution in [0.1, 0.15) is 57.8 Å². The van der Waals surface area contributed by atoms with Gasteiger partial charge in [-0.2, -0.15) is 0 Å². The number of nitrogens with one attached hydrogen (secondary N) is 1. The van der Waals surface area contributed by atoms with E-state index in [1.807, 2.05) is 0 Å². The van der Waals surface area contributed by atoms with Gasteiger partial charge in [0.15, 0.2) is 0 Å². The quantitative estimate of drug-likeness (QED) is 0.662. The van der Waals surface area contributed by atoms with Crippen LogP contribution in [0.5, 0.6) is 0 Å². The number of ether oxygens (including phenoxy) is 1. The molecule has 110 valence electrons. The average Bonchev–Trinajstić information content (AvgIpc) is 3.24. The summed E-state index contributed by atoms with van der Waals surface area (Å²) in [5.41, 5.74) is 5.92. The molecule has 0 bridgehead atoms. The van der Waals surface area contributed by atoms with Crippen molar-refractivity contribution in [1.82, 2.24) is 5.32 Å². The van der Waals surface area contributed by atoms with Gasteiger partial charge in [0.1, 0.15) is 0 Å². The van der Waals surface area contributed by atoms with E-state index in [2.05, 4.69) is 5.32 Å². The Balaban J connectivity index is 1.43. The molecule has 4 heteroatoms. The number of carbonyl (C=O) groups excluding carboxylic acids is 1. The lowest BCUT2D eigenvalue weighted by molar-refractivity contribution is -0.121. The third-order valence-corrected chi connectivity index (χ3v) is 4.20. The maximum Gasteiger partial charge on any atom is 0.221 e. The maximum atomic E-state index is 11.6. The van der Waals surface area contributed by atoms with Gasteiger partial charge in [-0.25, -0.2) is 0 Å². The topological polar surface area (TPSA) is 64.4 Å². The first-order valence-corrected chi connectivity index (χ1v) is 7.89. The third kappa shape index (κ3) is 5.91. The highest BCUT2D eigenvalue weighted by atomic mass is 16.5. The van der Waals surface area contributed by atoms with Crippen molar-refractivity contribution >= 4 is 5.91 Å². The van der Waals surface area contributed by atoms with Gasteiger partial charge in [-0.1, -0.05) is 19.3 Å². The second-order valence-electron chi connectivity index (χ2n) is 6.04. The molecular formula is C15H28N2O2. The van der Waals surface area contributed by atoms with Crippen LogP contribution in [0, 0.1) is 5.92 Å². The van der Waals surface area contributed by atoms with Crippen molar-refractivity contribution in [3.05, 3.63) is 0 Å². The molecule has 19 heavy (non-hydrogen) atoms. The third-order valence-electron chi connectivity index (χ3n) is 4.20. The Bertz CT molecular complexity index is 273. The first-order chi connectivity index (χ1) is 9.25. The fourth-order valence-electron chi connectivity index (χ4n) is 2.76. The standard InChI is InChI=1S/C15H28N2O2/c16-14(12-7-8-12)11-15(18)17-9-4-10-19-13-5-2-1-3-6-13/h12-14H,1-11,16H2,(H,17,18). The fraction of sp³-hybridized carbons (Fsp3) is 0.933. The lowest BCUT2D eigenvalue weighted by atomic mass is 9.98. The maximum absolute atomic E-state index is 11.6. The molecule has 4 nitrogen and oxygen atoms in total. The first-order valence-electron chi connectivity index (χ1n) is 7.89. The van der Waals surface area contributed by atoms with Crippen LogP contribution in [0.4, 0.5) is 0 Å². The molecule has 0 aliphatic heterocycles. The normalized spacial score (nSPS) is 22.2. The highest BCUT2D eigenvalue weighted by Crippen LogP contribution is 2.32. The van der Waals surface area contributed by atoms with Gasteiger partial charge in [-0.3, -0.25) is 4.79 Å². The number of hydrogen-bond acceptors (Lipinski definition) is 3. The lowest BCUT2D eigenvalue weighted by Gasteiger charge is -2.21. The van der Waals surface area contributed by atoms with Gasteiger partial charge in [-0.05, 0) is 38.0 Å². The van der Waals surface area contributed by atoms with Crippen molar-refractivity contribution < 1.29 is 9.53 Å². The zero-order chi connectivity index (χ0) is 13.5. The van der Waals surface area contributed by atoms with Gasteiger partial charge in [0.25, 0.3) is 0 Å². The Labute approximate surface area is 116 Å². The molecule has 2 aliphatic carbocycles. The van der Waals surface area contributed by atoms with Crippen LogP contribution in [-0.4, -0.2) is 31.2 Å². The van der Waals surface area contributed by atoms with Crippen molar-refractivity contribution in [3.8, 4) is 0 Å². The monoisotopic (exact) mass is 268 g/mol. The molecule has 0 heterocycles. The predicted octanol–water partition coefficient (Wildman–Crippen LogP) is 1.97. The predicted molar refractivity (Wildman–Crippen MR) is 75.8 cm³/mol.